The lowest BCUT2D eigenvalue weighted by molar-refractivity contribution is -0.123. The van der Waals surface area contributed by atoms with Crippen LogP contribution in [-0.4, -0.2) is 36.7 Å². The van der Waals surface area contributed by atoms with Crippen molar-refractivity contribution in [2.45, 2.75) is 23.8 Å². The van der Waals surface area contributed by atoms with Crippen molar-refractivity contribution in [1.29, 1.82) is 0 Å². The van der Waals surface area contributed by atoms with E-state index in [2.05, 4.69) is 10.3 Å². The zero-order chi connectivity index (χ0) is 23.6. The first-order chi connectivity index (χ1) is 15.7. The zero-order valence-corrected chi connectivity index (χ0v) is 18.6. The maximum absolute atomic E-state index is 14.2. The second-order valence-corrected chi connectivity index (χ2v) is 10.1. The van der Waals surface area contributed by atoms with Crippen LogP contribution in [0.1, 0.15) is 24.5 Å². The smallest absolute Gasteiger partial charge is 0.271 e. The van der Waals surface area contributed by atoms with Crippen molar-refractivity contribution in [1.82, 2.24) is 9.29 Å². The number of thiazole rings is 1. The van der Waals surface area contributed by atoms with Crippen LogP contribution in [0.2, 0.25) is 0 Å². The predicted molar refractivity (Wildman–Crippen MR) is 115 cm³/mol. The summed E-state index contributed by atoms with van der Waals surface area (Å²) in [5, 5.41) is 1.72. The van der Waals surface area contributed by atoms with Gasteiger partial charge in [-0.1, -0.05) is 23.5 Å². The topological polar surface area (TPSA) is 88.6 Å². The highest BCUT2D eigenvalue weighted by Crippen LogP contribution is 2.29. The molecule has 1 N–H and O–H groups in total. The lowest BCUT2D eigenvalue weighted by Gasteiger charge is -2.20. The third-order valence-corrected chi connectivity index (χ3v) is 7.58. The average Bonchev–Trinajstić information content (AvgIpc) is 3.46. The van der Waals surface area contributed by atoms with Gasteiger partial charge in [0.15, 0.2) is 21.8 Å². The van der Waals surface area contributed by atoms with E-state index in [0.717, 1.165) is 31.2 Å². The van der Waals surface area contributed by atoms with Crippen molar-refractivity contribution in [3.05, 3.63) is 71.0 Å². The van der Waals surface area contributed by atoms with E-state index in [1.807, 2.05) is 0 Å². The molecule has 1 saturated heterocycles. The van der Waals surface area contributed by atoms with Crippen molar-refractivity contribution >= 4 is 32.4 Å². The summed E-state index contributed by atoms with van der Waals surface area (Å²) in [4.78, 5) is 16.6. The number of halogens is 3. The average molecular weight is 498 g/mol. The van der Waals surface area contributed by atoms with Crippen LogP contribution in [0.15, 0.2) is 53.6 Å². The van der Waals surface area contributed by atoms with Crippen LogP contribution in [0.25, 0.3) is 0 Å². The summed E-state index contributed by atoms with van der Waals surface area (Å²) in [6.45, 7) is 0.874. The molecule has 7 nitrogen and oxygen atoms in total. The van der Waals surface area contributed by atoms with E-state index in [1.165, 1.54) is 28.6 Å². The van der Waals surface area contributed by atoms with Crippen molar-refractivity contribution in [3.63, 3.8) is 0 Å². The Kier molecular flexibility index (Phi) is 6.68. The molecule has 1 aliphatic rings. The molecule has 3 aromatic rings. The summed E-state index contributed by atoms with van der Waals surface area (Å²) in [6.07, 6.45) is 1.04. The number of sulfonamides is 1. The van der Waals surface area contributed by atoms with Crippen LogP contribution < -0.4 is 10.1 Å². The largest absolute Gasteiger partial charge is 0.473 e. The monoisotopic (exact) mass is 497 g/mol. The number of hydrogen-bond donors (Lipinski definition) is 1. The highest BCUT2D eigenvalue weighted by molar-refractivity contribution is 7.89. The van der Waals surface area contributed by atoms with E-state index >= 15 is 0 Å². The van der Waals surface area contributed by atoms with Gasteiger partial charge < -0.3 is 4.74 Å². The van der Waals surface area contributed by atoms with E-state index in [0.29, 0.717) is 30.5 Å². The van der Waals surface area contributed by atoms with Crippen molar-refractivity contribution in [2.75, 3.05) is 18.4 Å². The summed E-state index contributed by atoms with van der Waals surface area (Å²) in [5.41, 5.74) is 0.202. The van der Waals surface area contributed by atoms with Crippen molar-refractivity contribution in [2.24, 2.45) is 0 Å². The fourth-order valence-electron chi connectivity index (χ4n) is 3.35. The van der Waals surface area contributed by atoms with E-state index < -0.39 is 44.5 Å². The van der Waals surface area contributed by atoms with Gasteiger partial charge in [0.05, 0.1) is 11.1 Å². The molecular formula is C21H18F3N3O4S2. The lowest BCUT2D eigenvalue weighted by Crippen LogP contribution is -2.28. The summed E-state index contributed by atoms with van der Waals surface area (Å²) >= 11 is 0.586. The minimum Gasteiger partial charge on any atom is -0.473 e. The first-order valence-corrected chi connectivity index (χ1v) is 12.1. The summed E-state index contributed by atoms with van der Waals surface area (Å²) in [6, 6.07) is 8.00. The highest BCUT2D eigenvalue weighted by Gasteiger charge is 2.29. The molecule has 2 heterocycles. The molecule has 2 aromatic carbocycles. The second-order valence-electron chi connectivity index (χ2n) is 7.21. The van der Waals surface area contributed by atoms with Crippen LogP contribution in [-0.2, 0) is 14.8 Å². The Morgan fingerprint density at radius 2 is 1.79 bits per heavy atom. The lowest BCUT2D eigenvalue weighted by atomic mass is 10.1. The van der Waals surface area contributed by atoms with Gasteiger partial charge in [-0.2, -0.15) is 8.70 Å². The van der Waals surface area contributed by atoms with Crippen molar-refractivity contribution < 1.29 is 31.1 Å². The highest BCUT2D eigenvalue weighted by atomic mass is 32.2. The Morgan fingerprint density at radius 3 is 2.39 bits per heavy atom. The van der Waals surface area contributed by atoms with Gasteiger partial charge in [-0.25, -0.2) is 22.2 Å². The van der Waals surface area contributed by atoms with E-state index in [-0.39, 0.29) is 15.6 Å². The Balaban J connectivity index is 1.63. The predicted octanol–water partition coefficient (Wildman–Crippen LogP) is 4.10. The first kappa shape index (κ1) is 23.2. The molecule has 0 bridgehead atoms. The third-order valence-electron chi connectivity index (χ3n) is 4.97. The third kappa shape index (κ3) is 5.18. The second kappa shape index (κ2) is 9.49. The van der Waals surface area contributed by atoms with Crippen LogP contribution >= 0.6 is 11.3 Å². The zero-order valence-electron chi connectivity index (χ0n) is 17.0. The molecule has 0 radical (unpaired) electrons. The minimum absolute atomic E-state index is 0.0427. The molecular weight excluding hydrogens is 479 g/mol. The number of amides is 1. The van der Waals surface area contributed by atoms with Crippen LogP contribution in [0.4, 0.5) is 18.3 Å². The van der Waals surface area contributed by atoms with Crippen LogP contribution in [0.3, 0.4) is 0 Å². The first-order valence-electron chi connectivity index (χ1n) is 9.88. The molecule has 1 amide bonds. The number of nitrogens with zero attached hydrogens (tertiary/aromatic N) is 2. The maximum atomic E-state index is 14.2. The van der Waals surface area contributed by atoms with Gasteiger partial charge in [-0.3, -0.25) is 10.1 Å². The van der Waals surface area contributed by atoms with Crippen molar-refractivity contribution in [3.8, 4) is 5.75 Å². The quantitative estimate of drug-likeness (QED) is 0.531. The van der Waals surface area contributed by atoms with Crippen LogP contribution in [0.5, 0.6) is 5.75 Å². The van der Waals surface area contributed by atoms with E-state index in [1.54, 1.807) is 0 Å². The molecule has 1 fully saturated rings. The number of carbonyl (C=O) groups excluding carboxylic acids is 1. The molecule has 4 rings (SSSR count). The molecule has 174 valence electrons. The van der Waals surface area contributed by atoms with Gasteiger partial charge in [0.25, 0.3) is 5.91 Å². The van der Waals surface area contributed by atoms with Crippen LogP contribution in [0, 0.1) is 16.8 Å². The number of hydrogen-bond acceptors (Lipinski definition) is 6. The number of aromatic nitrogens is 1. The Labute approximate surface area is 191 Å². The SMILES string of the molecule is O=C(Nc1ncc(F)s1)C(Oc1ccc(F)cc1F)c1ccc(S(=O)(=O)N2CCCC2)cc1. The molecule has 33 heavy (non-hydrogen) atoms. The number of ether oxygens (including phenoxy) is 1. The number of rotatable bonds is 7. The van der Waals surface area contributed by atoms with Gasteiger partial charge in [0.2, 0.25) is 16.1 Å². The Bertz CT molecular complexity index is 1260. The van der Waals surface area contributed by atoms with Gasteiger partial charge in [-0.05, 0) is 37.1 Å². The van der Waals surface area contributed by atoms with Gasteiger partial charge in [-0.15, -0.1) is 0 Å². The molecule has 1 aliphatic heterocycles. The summed E-state index contributed by atoms with van der Waals surface area (Å²) in [5.74, 6) is -3.05. The molecule has 12 heteroatoms. The molecule has 1 atom stereocenters. The molecule has 0 aliphatic carbocycles. The van der Waals surface area contributed by atoms with Gasteiger partial charge >= 0.3 is 0 Å². The minimum atomic E-state index is -3.68. The normalized spacial score (nSPS) is 15.4. The summed E-state index contributed by atoms with van der Waals surface area (Å²) < 4.78 is 73.1. The number of nitrogens with one attached hydrogen (secondary N) is 1. The Hall–Kier alpha value is -2.96. The van der Waals surface area contributed by atoms with E-state index in [9.17, 15) is 26.4 Å². The molecule has 0 saturated carbocycles. The van der Waals surface area contributed by atoms with Gasteiger partial charge in [0, 0.05) is 24.7 Å². The van der Waals surface area contributed by atoms with Gasteiger partial charge in [0.1, 0.15) is 5.82 Å². The Morgan fingerprint density at radius 1 is 1.09 bits per heavy atom. The fourth-order valence-corrected chi connectivity index (χ4v) is 5.41. The maximum Gasteiger partial charge on any atom is 0.271 e. The molecule has 1 unspecified atom stereocenters. The standard InChI is InChI=1S/C21H18F3N3O4S2/c22-14-5-8-17(16(23)11-14)31-19(20(28)26-21-25-12-18(24)32-21)13-3-6-15(7-4-13)33(29,30)27-9-1-2-10-27/h3-8,11-12,19H,1-2,9-10H2,(H,25,26,28). The van der Waals surface area contributed by atoms with E-state index in [4.69, 9.17) is 4.74 Å². The number of anilines is 1. The molecule has 0 spiro atoms. The number of benzene rings is 2. The fraction of sp³-hybridized carbons (Fsp3) is 0.238. The summed E-state index contributed by atoms with van der Waals surface area (Å²) in [7, 11) is -3.68. The molecule has 1 aromatic heterocycles. The number of carbonyl (C=O) groups is 1.